The molecule has 152 valence electrons. The molecule has 5 aromatic rings. The van der Waals surface area contributed by atoms with Gasteiger partial charge in [0.15, 0.2) is 0 Å². The zero-order valence-corrected chi connectivity index (χ0v) is 16.9. The fraction of sp³-hybridized carbons (Fsp3) is 0.0833. The first kappa shape index (κ1) is 18.7. The third-order valence-corrected chi connectivity index (χ3v) is 4.81. The second kappa shape index (κ2) is 7.87. The standard InChI is InChI=1S/C24H18N4O3/c1-15-3-6-18(7-4-15)30-23-20(13-17-5-8-19(29-2)14-21(17)26-23)24-28-27-22(31-24)16-9-11-25-12-10-16/h3-14H,1-2H3. The van der Waals surface area contributed by atoms with Crippen molar-refractivity contribution in [2.75, 3.05) is 7.11 Å². The molecule has 0 aliphatic rings. The number of pyridine rings is 2. The minimum absolute atomic E-state index is 0.319. The van der Waals surface area contributed by atoms with E-state index in [0.717, 1.165) is 22.0 Å². The fourth-order valence-corrected chi connectivity index (χ4v) is 3.15. The van der Waals surface area contributed by atoms with E-state index < -0.39 is 0 Å². The lowest BCUT2D eigenvalue weighted by molar-refractivity contribution is 0.415. The lowest BCUT2D eigenvalue weighted by atomic mass is 10.1. The molecule has 31 heavy (non-hydrogen) atoms. The van der Waals surface area contributed by atoms with Gasteiger partial charge in [-0.3, -0.25) is 4.98 Å². The van der Waals surface area contributed by atoms with Crippen LogP contribution in [0.1, 0.15) is 5.56 Å². The number of nitrogens with zero attached hydrogens (tertiary/aromatic N) is 4. The second-order valence-corrected chi connectivity index (χ2v) is 6.96. The van der Waals surface area contributed by atoms with Crippen molar-refractivity contribution in [3.05, 3.63) is 78.6 Å². The molecule has 0 saturated carbocycles. The highest BCUT2D eigenvalue weighted by Crippen LogP contribution is 2.36. The predicted molar refractivity (Wildman–Crippen MR) is 116 cm³/mol. The quantitative estimate of drug-likeness (QED) is 0.381. The Kier molecular flexibility index (Phi) is 4.76. The molecule has 0 aliphatic carbocycles. The zero-order chi connectivity index (χ0) is 21.2. The highest BCUT2D eigenvalue weighted by atomic mass is 16.5. The van der Waals surface area contributed by atoms with Crippen molar-refractivity contribution in [3.8, 4) is 40.3 Å². The van der Waals surface area contributed by atoms with Gasteiger partial charge in [0.2, 0.25) is 11.8 Å². The largest absolute Gasteiger partial charge is 0.497 e. The van der Waals surface area contributed by atoms with Crippen molar-refractivity contribution >= 4 is 10.9 Å². The second-order valence-electron chi connectivity index (χ2n) is 6.96. The summed E-state index contributed by atoms with van der Waals surface area (Å²) in [6.07, 6.45) is 3.35. The summed E-state index contributed by atoms with van der Waals surface area (Å²) in [5.74, 6) is 2.46. The van der Waals surface area contributed by atoms with Gasteiger partial charge in [0.05, 0.1) is 12.6 Å². The Balaban J connectivity index is 1.63. The molecule has 7 nitrogen and oxygen atoms in total. The summed E-state index contributed by atoms with van der Waals surface area (Å²) in [6.45, 7) is 2.02. The average molecular weight is 410 g/mol. The van der Waals surface area contributed by atoms with E-state index >= 15 is 0 Å². The van der Waals surface area contributed by atoms with Crippen molar-refractivity contribution in [3.63, 3.8) is 0 Å². The van der Waals surface area contributed by atoms with Crippen LogP contribution in [0.4, 0.5) is 0 Å². The molecular formula is C24H18N4O3. The molecule has 0 spiro atoms. The van der Waals surface area contributed by atoms with Gasteiger partial charge in [-0.15, -0.1) is 10.2 Å². The maximum Gasteiger partial charge on any atom is 0.253 e. The normalized spacial score (nSPS) is 10.9. The van der Waals surface area contributed by atoms with Crippen molar-refractivity contribution in [1.29, 1.82) is 0 Å². The van der Waals surface area contributed by atoms with Crippen LogP contribution in [0.5, 0.6) is 17.4 Å². The summed E-state index contributed by atoms with van der Waals surface area (Å²) in [5.41, 5.74) is 3.26. The molecule has 0 N–H and O–H groups in total. The smallest absolute Gasteiger partial charge is 0.253 e. The van der Waals surface area contributed by atoms with Gasteiger partial charge >= 0.3 is 0 Å². The first-order valence-corrected chi connectivity index (χ1v) is 9.67. The van der Waals surface area contributed by atoms with Gasteiger partial charge < -0.3 is 13.9 Å². The van der Waals surface area contributed by atoms with Crippen molar-refractivity contribution in [2.45, 2.75) is 6.92 Å². The summed E-state index contributed by atoms with van der Waals surface area (Å²) in [7, 11) is 1.62. The number of aryl methyl sites for hydroxylation is 1. The highest BCUT2D eigenvalue weighted by molar-refractivity contribution is 5.86. The molecule has 7 heteroatoms. The van der Waals surface area contributed by atoms with E-state index in [4.69, 9.17) is 18.9 Å². The molecule has 0 amide bonds. The minimum Gasteiger partial charge on any atom is -0.497 e. The van der Waals surface area contributed by atoms with Crippen LogP contribution >= 0.6 is 0 Å². The van der Waals surface area contributed by atoms with Crippen LogP contribution in [0.3, 0.4) is 0 Å². The topological polar surface area (TPSA) is 83.2 Å². The van der Waals surface area contributed by atoms with Crippen LogP contribution in [0.2, 0.25) is 0 Å². The van der Waals surface area contributed by atoms with Crippen LogP contribution in [-0.2, 0) is 0 Å². The van der Waals surface area contributed by atoms with Gasteiger partial charge in [-0.05, 0) is 49.4 Å². The van der Waals surface area contributed by atoms with Gasteiger partial charge in [0, 0.05) is 29.4 Å². The SMILES string of the molecule is COc1ccc2cc(-c3nnc(-c4ccncc4)o3)c(Oc3ccc(C)cc3)nc2c1. The Morgan fingerprint density at radius 1 is 0.806 bits per heavy atom. The Labute approximate surface area is 178 Å². The first-order valence-electron chi connectivity index (χ1n) is 9.67. The molecule has 5 rings (SSSR count). The highest BCUT2D eigenvalue weighted by Gasteiger charge is 2.18. The summed E-state index contributed by atoms with van der Waals surface area (Å²) in [6, 6.07) is 19.0. The predicted octanol–water partition coefficient (Wildman–Crippen LogP) is 5.46. The minimum atomic E-state index is 0.319. The van der Waals surface area contributed by atoms with Crippen molar-refractivity contribution in [1.82, 2.24) is 20.2 Å². The van der Waals surface area contributed by atoms with E-state index in [1.54, 1.807) is 19.5 Å². The number of hydrogen-bond donors (Lipinski definition) is 0. The van der Waals surface area contributed by atoms with Gasteiger partial charge in [0.1, 0.15) is 17.1 Å². The number of benzene rings is 2. The van der Waals surface area contributed by atoms with Crippen LogP contribution < -0.4 is 9.47 Å². The van der Waals surface area contributed by atoms with Gasteiger partial charge in [-0.2, -0.15) is 0 Å². The Morgan fingerprint density at radius 3 is 2.32 bits per heavy atom. The van der Waals surface area contributed by atoms with E-state index in [2.05, 4.69) is 15.2 Å². The van der Waals surface area contributed by atoms with E-state index in [-0.39, 0.29) is 0 Å². The molecule has 3 heterocycles. The molecule has 0 bridgehead atoms. The molecular weight excluding hydrogens is 392 g/mol. The van der Waals surface area contributed by atoms with Crippen LogP contribution in [0.15, 0.2) is 77.5 Å². The zero-order valence-electron chi connectivity index (χ0n) is 16.9. The van der Waals surface area contributed by atoms with Crippen LogP contribution in [-0.4, -0.2) is 27.3 Å². The van der Waals surface area contributed by atoms with Gasteiger partial charge in [0.25, 0.3) is 5.89 Å². The molecule has 0 atom stereocenters. The summed E-state index contributed by atoms with van der Waals surface area (Å²) in [4.78, 5) is 8.74. The molecule has 3 aromatic heterocycles. The molecule has 0 unspecified atom stereocenters. The van der Waals surface area contributed by atoms with E-state index in [1.165, 1.54) is 0 Å². The molecule has 2 aromatic carbocycles. The number of aromatic nitrogens is 4. The number of hydrogen-bond acceptors (Lipinski definition) is 7. The third-order valence-electron chi connectivity index (χ3n) is 4.81. The summed E-state index contributed by atoms with van der Waals surface area (Å²) in [5, 5.41) is 9.32. The number of methoxy groups -OCH3 is 1. The molecule has 0 fully saturated rings. The number of fused-ring (bicyclic) bond motifs is 1. The monoisotopic (exact) mass is 410 g/mol. The van der Waals surface area contributed by atoms with E-state index in [0.29, 0.717) is 34.7 Å². The first-order chi connectivity index (χ1) is 15.2. The average Bonchev–Trinajstić information content (AvgIpc) is 3.30. The van der Waals surface area contributed by atoms with Gasteiger partial charge in [-0.25, -0.2) is 4.98 Å². The third kappa shape index (κ3) is 3.81. The maximum absolute atomic E-state index is 6.13. The lowest BCUT2D eigenvalue weighted by Crippen LogP contribution is -1.94. The molecule has 0 radical (unpaired) electrons. The van der Waals surface area contributed by atoms with E-state index in [9.17, 15) is 0 Å². The van der Waals surface area contributed by atoms with Crippen molar-refractivity contribution < 1.29 is 13.9 Å². The van der Waals surface area contributed by atoms with Crippen molar-refractivity contribution in [2.24, 2.45) is 0 Å². The number of ether oxygens (including phenoxy) is 2. The lowest BCUT2D eigenvalue weighted by Gasteiger charge is -2.10. The fourth-order valence-electron chi connectivity index (χ4n) is 3.15. The van der Waals surface area contributed by atoms with E-state index in [1.807, 2.05) is 67.6 Å². The Hall–Kier alpha value is -4.26. The van der Waals surface area contributed by atoms with Gasteiger partial charge in [-0.1, -0.05) is 17.7 Å². The van der Waals surface area contributed by atoms with Crippen LogP contribution in [0, 0.1) is 6.92 Å². The summed E-state index contributed by atoms with van der Waals surface area (Å²) >= 11 is 0. The Bertz CT molecular complexity index is 1350. The van der Waals surface area contributed by atoms with Crippen LogP contribution in [0.25, 0.3) is 33.8 Å². The number of rotatable bonds is 5. The maximum atomic E-state index is 6.13. The molecule has 0 saturated heterocycles. The summed E-state index contributed by atoms with van der Waals surface area (Å²) < 4.78 is 17.4. The Morgan fingerprint density at radius 2 is 1.55 bits per heavy atom. The molecule has 0 aliphatic heterocycles.